The van der Waals surface area contributed by atoms with Crippen LogP contribution < -0.4 is 15.4 Å². The van der Waals surface area contributed by atoms with E-state index in [1.165, 1.54) is 24.3 Å². The molecule has 0 aromatic heterocycles. The van der Waals surface area contributed by atoms with Crippen molar-refractivity contribution in [3.05, 3.63) is 65.2 Å². The standard InChI is InChI=1S/C19H18F2N2O5/c1-2-27-19(26)28-14-6-3-12(4-7-14)17(24)22-9-10-23-18(25)15-8-5-13(20)11-16(15)21/h3-8,11H,2,9-10H2,1H3,(H,22,24)(H,23,25). The molecule has 0 unspecified atom stereocenters. The number of nitrogens with one attached hydrogen (secondary N) is 2. The summed E-state index contributed by atoms with van der Waals surface area (Å²) in [5.41, 5.74) is 0.0250. The maximum atomic E-state index is 13.5. The SMILES string of the molecule is CCOC(=O)Oc1ccc(C(=O)NCCNC(=O)c2ccc(F)cc2F)cc1. The van der Waals surface area contributed by atoms with E-state index in [-0.39, 0.29) is 31.0 Å². The molecule has 0 bridgehead atoms. The zero-order chi connectivity index (χ0) is 20.5. The average molecular weight is 392 g/mol. The molecule has 0 saturated carbocycles. The molecule has 2 aromatic rings. The van der Waals surface area contributed by atoms with Gasteiger partial charge in [-0.25, -0.2) is 13.6 Å². The lowest BCUT2D eigenvalue weighted by Gasteiger charge is -2.08. The Morgan fingerprint density at radius 2 is 1.57 bits per heavy atom. The fraction of sp³-hybridized carbons (Fsp3) is 0.211. The Morgan fingerprint density at radius 3 is 2.18 bits per heavy atom. The molecule has 9 heteroatoms. The molecule has 7 nitrogen and oxygen atoms in total. The minimum Gasteiger partial charge on any atom is -0.434 e. The maximum absolute atomic E-state index is 13.5. The monoisotopic (exact) mass is 392 g/mol. The van der Waals surface area contributed by atoms with Gasteiger partial charge in [-0.15, -0.1) is 0 Å². The molecule has 0 aliphatic rings. The van der Waals surface area contributed by atoms with Crippen molar-refractivity contribution in [2.24, 2.45) is 0 Å². The Balaban J connectivity index is 1.77. The van der Waals surface area contributed by atoms with Crippen molar-refractivity contribution in [3.8, 4) is 5.75 Å². The third-order valence-electron chi connectivity index (χ3n) is 3.45. The van der Waals surface area contributed by atoms with Gasteiger partial charge in [0, 0.05) is 24.7 Å². The lowest BCUT2D eigenvalue weighted by molar-refractivity contribution is 0.0925. The van der Waals surface area contributed by atoms with Crippen LogP contribution >= 0.6 is 0 Å². The molecule has 2 amide bonds. The van der Waals surface area contributed by atoms with Gasteiger partial charge < -0.3 is 20.1 Å². The first-order chi connectivity index (χ1) is 13.4. The van der Waals surface area contributed by atoms with E-state index in [9.17, 15) is 23.2 Å². The summed E-state index contributed by atoms with van der Waals surface area (Å²) in [6, 6.07) is 8.42. The molecule has 28 heavy (non-hydrogen) atoms. The van der Waals surface area contributed by atoms with Gasteiger partial charge in [0.2, 0.25) is 0 Å². The largest absolute Gasteiger partial charge is 0.513 e. The topological polar surface area (TPSA) is 93.7 Å². The molecule has 2 aromatic carbocycles. The Labute approximate surface area is 159 Å². The summed E-state index contributed by atoms with van der Waals surface area (Å²) < 4.78 is 35.9. The van der Waals surface area contributed by atoms with Gasteiger partial charge in [-0.2, -0.15) is 0 Å². The first-order valence-corrected chi connectivity index (χ1v) is 8.36. The van der Waals surface area contributed by atoms with Crippen molar-refractivity contribution in [2.45, 2.75) is 6.92 Å². The molecule has 0 spiro atoms. The highest BCUT2D eigenvalue weighted by Gasteiger charge is 2.12. The fourth-order valence-corrected chi connectivity index (χ4v) is 2.14. The molecule has 0 saturated heterocycles. The van der Waals surface area contributed by atoms with E-state index in [1.807, 2.05) is 0 Å². The van der Waals surface area contributed by atoms with Crippen LogP contribution in [0.1, 0.15) is 27.6 Å². The minimum absolute atomic E-state index is 0.0471. The predicted octanol–water partition coefficient (Wildman–Crippen LogP) is 2.66. The molecular weight excluding hydrogens is 374 g/mol. The van der Waals surface area contributed by atoms with Gasteiger partial charge in [0.1, 0.15) is 17.4 Å². The Morgan fingerprint density at radius 1 is 0.929 bits per heavy atom. The van der Waals surface area contributed by atoms with E-state index in [0.717, 1.165) is 12.1 Å². The molecule has 0 fully saturated rings. The van der Waals surface area contributed by atoms with Crippen molar-refractivity contribution >= 4 is 18.0 Å². The molecular formula is C19H18F2N2O5. The second kappa shape index (κ2) is 10.0. The summed E-state index contributed by atoms with van der Waals surface area (Å²) in [7, 11) is 0. The van der Waals surface area contributed by atoms with E-state index < -0.39 is 29.6 Å². The quantitative estimate of drug-likeness (QED) is 0.429. The van der Waals surface area contributed by atoms with Gasteiger partial charge in [-0.3, -0.25) is 9.59 Å². The molecule has 0 heterocycles. The van der Waals surface area contributed by atoms with Crippen LogP contribution in [0.4, 0.5) is 13.6 Å². The van der Waals surface area contributed by atoms with Crippen LogP contribution in [0.25, 0.3) is 0 Å². The van der Waals surface area contributed by atoms with Crippen LogP contribution in [-0.4, -0.2) is 37.7 Å². The number of rotatable bonds is 7. The molecule has 0 aliphatic heterocycles. The molecule has 148 valence electrons. The molecule has 0 atom stereocenters. The number of carbonyl (C=O) groups is 3. The zero-order valence-corrected chi connectivity index (χ0v) is 15.0. The minimum atomic E-state index is -0.966. The van der Waals surface area contributed by atoms with Crippen LogP contribution in [0.5, 0.6) is 5.75 Å². The maximum Gasteiger partial charge on any atom is 0.513 e. The van der Waals surface area contributed by atoms with E-state index in [2.05, 4.69) is 15.4 Å². The van der Waals surface area contributed by atoms with E-state index in [0.29, 0.717) is 11.6 Å². The fourth-order valence-electron chi connectivity index (χ4n) is 2.14. The van der Waals surface area contributed by atoms with Gasteiger partial charge in [0.25, 0.3) is 11.8 Å². The van der Waals surface area contributed by atoms with Crippen molar-refractivity contribution in [2.75, 3.05) is 19.7 Å². The van der Waals surface area contributed by atoms with Crippen LogP contribution in [-0.2, 0) is 4.74 Å². The lowest BCUT2D eigenvalue weighted by Crippen LogP contribution is -2.35. The summed E-state index contributed by atoms with van der Waals surface area (Å²) >= 11 is 0. The Hall–Kier alpha value is -3.49. The summed E-state index contributed by atoms with van der Waals surface area (Å²) in [6.45, 7) is 1.97. The first kappa shape index (κ1) is 20.8. The number of hydrogen-bond acceptors (Lipinski definition) is 5. The molecule has 0 aliphatic carbocycles. The third kappa shape index (κ3) is 6.04. The first-order valence-electron chi connectivity index (χ1n) is 8.36. The van der Waals surface area contributed by atoms with E-state index in [4.69, 9.17) is 4.74 Å². The number of benzene rings is 2. The second-order valence-corrected chi connectivity index (χ2v) is 5.45. The van der Waals surface area contributed by atoms with Crippen LogP contribution in [0, 0.1) is 11.6 Å². The number of halogens is 2. The van der Waals surface area contributed by atoms with Gasteiger partial charge in [-0.1, -0.05) is 0 Å². The highest BCUT2D eigenvalue weighted by molar-refractivity contribution is 5.95. The highest BCUT2D eigenvalue weighted by atomic mass is 19.1. The lowest BCUT2D eigenvalue weighted by atomic mass is 10.2. The van der Waals surface area contributed by atoms with Crippen molar-refractivity contribution in [3.63, 3.8) is 0 Å². The van der Waals surface area contributed by atoms with Crippen molar-refractivity contribution < 1.29 is 32.6 Å². The van der Waals surface area contributed by atoms with Crippen LogP contribution in [0.2, 0.25) is 0 Å². The summed E-state index contributed by atoms with van der Waals surface area (Å²) in [6.07, 6.45) is -0.840. The summed E-state index contributed by atoms with van der Waals surface area (Å²) in [5, 5.41) is 4.99. The molecule has 0 radical (unpaired) electrons. The normalized spacial score (nSPS) is 10.1. The predicted molar refractivity (Wildman–Crippen MR) is 95.1 cm³/mol. The molecule has 2 N–H and O–H groups in total. The van der Waals surface area contributed by atoms with Crippen molar-refractivity contribution in [1.29, 1.82) is 0 Å². The number of carbonyl (C=O) groups excluding carboxylic acids is 3. The zero-order valence-electron chi connectivity index (χ0n) is 15.0. The van der Waals surface area contributed by atoms with Crippen LogP contribution in [0.15, 0.2) is 42.5 Å². The van der Waals surface area contributed by atoms with Gasteiger partial charge in [0.15, 0.2) is 0 Å². The molecule has 2 rings (SSSR count). The second-order valence-electron chi connectivity index (χ2n) is 5.45. The summed E-state index contributed by atoms with van der Waals surface area (Å²) in [5.74, 6) is -2.65. The number of amides is 2. The average Bonchev–Trinajstić information content (AvgIpc) is 2.65. The smallest absolute Gasteiger partial charge is 0.434 e. The summed E-state index contributed by atoms with van der Waals surface area (Å²) in [4.78, 5) is 35.1. The van der Waals surface area contributed by atoms with E-state index in [1.54, 1.807) is 6.92 Å². The van der Waals surface area contributed by atoms with Crippen LogP contribution in [0.3, 0.4) is 0 Å². The van der Waals surface area contributed by atoms with E-state index >= 15 is 0 Å². The van der Waals surface area contributed by atoms with Gasteiger partial charge in [0.05, 0.1) is 12.2 Å². The number of hydrogen-bond donors (Lipinski definition) is 2. The van der Waals surface area contributed by atoms with Crippen molar-refractivity contribution in [1.82, 2.24) is 10.6 Å². The Kier molecular flexibility index (Phi) is 7.44. The highest BCUT2D eigenvalue weighted by Crippen LogP contribution is 2.13. The van der Waals surface area contributed by atoms with Gasteiger partial charge in [-0.05, 0) is 43.3 Å². The number of ether oxygens (including phenoxy) is 2. The van der Waals surface area contributed by atoms with Gasteiger partial charge >= 0.3 is 6.16 Å². The Bertz CT molecular complexity index is 856. The third-order valence-corrected chi connectivity index (χ3v) is 3.45.